The first-order chi connectivity index (χ1) is 14.1. The number of amides is 4. The van der Waals surface area contributed by atoms with E-state index in [0.717, 1.165) is 0 Å². The van der Waals surface area contributed by atoms with Gasteiger partial charge in [-0.15, -0.1) is 0 Å². The molecule has 9 nitrogen and oxygen atoms in total. The van der Waals surface area contributed by atoms with Crippen molar-refractivity contribution in [2.75, 3.05) is 25.2 Å². The van der Waals surface area contributed by atoms with Crippen molar-refractivity contribution in [1.29, 1.82) is 5.26 Å². The highest BCUT2D eigenvalue weighted by molar-refractivity contribution is 6.25. The van der Waals surface area contributed by atoms with E-state index in [1.807, 2.05) is 0 Å². The summed E-state index contributed by atoms with van der Waals surface area (Å²) in [5, 5.41) is 9.90. The van der Waals surface area contributed by atoms with Crippen LogP contribution in [0, 0.1) is 11.3 Å². The molecular formula is C20H17N5O4. The molecule has 3 fully saturated rings. The summed E-state index contributed by atoms with van der Waals surface area (Å²) in [4.78, 5) is 47.5. The van der Waals surface area contributed by atoms with E-state index < -0.39 is 6.04 Å². The van der Waals surface area contributed by atoms with E-state index in [4.69, 9.17) is 4.74 Å². The third kappa shape index (κ3) is 2.29. The normalized spacial score (nSPS) is 25.1. The van der Waals surface area contributed by atoms with Gasteiger partial charge >= 0.3 is 6.03 Å². The molecule has 1 aromatic carbocycles. The van der Waals surface area contributed by atoms with Crippen molar-refractivity contribution < 1.29 is 19.1 Å². The van der Waals surface area contributed by atoms with Gasteiger partial charge in [-0.1, -0.05) is 0 Å². The molecular weight excluding hydrogens is 374 g/mol. The highest BCUT2D eigenvalue weighted by Gasteiger charge is 2.62. The van der Waals surface area contributed by atoms with Gasteiger partial charge in [-0.3, -0.25) is 14.6 Å². The maximum atomic E-state index is 13.3. The summed E-state index contributed by atoms with van der Waals surface area (Å²) >= 11 is 0. The van der Waals surface area contributed by atoms with Crippen LogP contribution in [0.3, 0.4) is 0 Å². The number of piperazine rings is 1. The smallest absolute Gasteiger partial charge is 0.332 e. The molecule has 0 saturated carbocycles. The van der Waals surface area contributed by atoms with Crippen LogP contribution >= 0.6 is 0 Å². The average Bonchev–Trinajstić information content (AvgIpc) is 3.39. The van der Waals surface area contributed by atoms with Gasteiger partial charge in [0.1, 0.15) is 18.7 Å². The molecule has 1 aromatic heterocycles. The fourth-order valence-electron chi connectivity index (χ4n) is 4.81. The number of anilines is 1. The number of nitriles is 1. The molecule has 3 aliphatic rings. The summed E-state index contributed by atoms with van der Waals surface area (Å²) in [6.45, 7) is 0.361. The van der Waals surface area contributed by atoms with Crippen LogP contribution in [0.25, 0.3) is 10.9 Å². The SMILES string of the molecule is COCC(=O)N1CC2CC1C1C(=O)N(c3ccc(C#N)c4ncccc34)C(=O)N21. The van der Waals surface area contributed by atoms with Crippen LogP contribution in [-0.4, -0.2) is 71.0 Å². The van der Waals surface area contributed by atoms with Gasteiger partial charge in [0.15, 0.2) is 0 Å². The Morgan fingerprint density at radius 2 is 2.17 bits per heavy atom. The number of hydrogen-bond donors (Lipinski definition) is 0. The lowest BCUT2D eigenvalue weighted by Crippen LogP contribution is -2.55. The number of hydrogen-bond acceptors (Lipinski definition) is 6. The number of urea groups is 1. The number of fused-ring (bicyclic) bond motifs is 6. The first kappa shape index (κ1) is 17.6. The van der Waals surface area contributed by atoms with Gasteiger partial charge in [-0.25, -0.2) is 9.69 Å². The number of nitrogens with zero attached hydrogens (tertiary/aromatic N) is 5. The molecule has 5 rings (SSSR count). The van der Waals surface area contributed by atoms with Crippen molar-refractivity contribution in [3.05, 3.63) is 36.0 Å². The molecule has 0 N–H and O–H groups in total. The lowest BCUT2D eigenvalue weighted by atomic mass is 10.1. The second-order valence-electron chi connectivity index (χ2n) is 7.39. The number of likely N-dealkylation sites (tertiary alicyclic amines) is 1. The number of methoxy groups -OCH3 is 1. The van der Waals surface area contributed by atoms with Crippen molar-refractivity contribution in [3.63, 3.8) is 0 Å². The Morgan fingerprint density at radius 1 is 1.34 bits per heavy atom. The molecule has 3 unspecified atom stereocenters. The summed E-state index contributed by atoms with van der Waals surface area (Å²) in [5.74, 6) is -0.529. The summed E-state index contributed by atoms with van der Waals surface area (Å²) in [6, 6.07) is 7.10. The first-order valence-corrected chi connectivity index (χ1v) is 9.29. The standard InChI is InChI=1S/C20H17N5O4/c1-29-10-16(26)23-9-12-7-15(23)18-19(27)25(20(28)24(12)18)14-5-4-11(8-21)17-13(14)3-2-6-22-17/h2-6,12,15,18H,7,9-10H2,1H3. The first-order valence-electron chi connectivity index (χ1n) is 9.29. The van der Waals surface area contributed by atoms with Gasteiger partial charge in [-0.05, 0) is 30.7 Å². The molecule has 146 valence electrons. The predicted octanol–water partition coefficient (Wildman–Crippen LogP) is 0.873. The third-order valence-corrected chi connectivity index (χ3v) is 5.96. The molecule has 29 heavy (non-hydrogen) atoms. The minimum absolute atomic E-state index is 0.0479. The molecule has 3 aliphatic heterocycles. The van der Waals surface area contributed by atoms with Crippen LogP contribution in [0.1, 0.15) is 12.0 Å². The Balaban J connectivity index is 1.55. The molecule has 2 aromatic rings. The number of aromatic nitrogens is 1. The zero-order valence-corrected chi connectivity index (χ0v) is 15.6. The topological polar surface area (TPSA) is 107 Å². The Kier molecular flexibility index (Phi) is 3.79. The van der Waals surface area contributed by atoms with E-state index in [1.54, 1.807) is 40.3 Å². The van der Waals surface area contributed by atoms with E-state index in [-0.39, 0.29) is 36.5 Å². The summed E-state index contributed by atoms with van der Waals surface area (Å²) in [7, 11) is 1.45. The summed E-state index contributed by atoms with van der Waals surface area (Å²) < 4.78 is 4.94. The predicted molar refractivity (Wildman–Crippen MR) is 101 cm³/mol. The number of ether oxygens (including phenoxy) is 1. The van der Waals surface area contributed by atoms with Crippen LogP contribution in [0.4, 0.5) is 10.5 Å². The van der Waals surface area contributed by atoms with Crippen molar-refractivity contribution in [2.24, 2.45) is 0 Å². The molecule has 0 aliphatic carbocycles. The molecule has 0 radical (unpaired) electrons. The number of benzene rings is 1. The van der Waals surface area contributed by atoms with E-state index in [2.05, 4.69) is 11.1 Å². The second-order valence-corrected chi connectivity index (χ2v) is 7.39. The van der Waals surface area contributed by atoms with E-state index in [0.29, 0.717) is 35.1 Å². The number of imide groups is 1. The highest BCUT2D eigenvalue weighted by atomic mass is 16.5. The van der Waals surface area contributed by atoms with Crippen molar-refractivity contribution >= 4 is 34.4 Å². The largest absolute Gasteiger partial charge is 0.375 e. The van der Waals surface area contributed by atoms with Gasteiger partial charge in [0.25, 0.3) is 5.91 Å². The zero-order chi connectivity index (χ0) is 20.3. The van der Waals surface area contributed by atoms with Gasteiger partial charge in [0, 0.05) is 25.2 Å². The quantitative estimate of drug-likeness (QED) is 0.719. The number of pyridine rings is 1. The second kappa shape index (κ2) is 6.25. The van der Waals surface area contributed by atoms with Crippen molar-refractivity contribution in [3.8, 4) is 6.07 Å². The van der Waals surface area contributed by atoms with Crippen LogP contribution in [0.2, 0.25) is 0 Å². The van der Waals surface area contributed by atoms with Crippen LogP contribution in [0.5, 0.6) is 0 Å². The zero-order valence-electron chi connectivity index (χ0n) is 15.6. The van der Waals surface area contributed by atoms with Gasteiger partial charge in [0.2, 0.25) is 5.91 Å². The van der Waals surface area contributed by atoms with Crippen LogP contribution < -0.4 is 4.90 Å². The van der Waals surface area contributed by atoms with E-state index in [9.17, 15) is 19.6 Å². The average molecular weight is 391 g/mol. The fourth-order valence-corrected chi connectivity index (χ4v) is 4.81. The molecule has 4 amide bonds. The molecule has 2 bridgehead atoms. The van der Waals surface area contributed by atoms with E-state index >= 15 is 0 Å². The van der Waals surface area contributed by atoms with Gasteiger partial charge in [-0.2, -0.15) is 5.26 Å². The van der Waals surface area contributed by atoms with E-state index in [1.165, 1.54) is 12.0 Å². The Bertz CT molecular complexity index is 1110. The lowest BCUT2D eigenvalue weighted by molar-refractivity contribution is -0.139. The Morgan fingerprint density at radius 3 is 2.93 bits per heavy atom. The monoisotopic (exact) mass is 391 g/mol. The number of carbonyl (C=O) groups is 3. The van der Waals surface area contributed by atoms with Gasteiger partial charge in [0.05, 0.1) is 28.9 Å². The van der Waals surface area contributed by atoms with Crippen molar-refractivity contribution in [1.82, 2.24) is 14.8 Å². The maximum absolute atomic E-state index is 13.3. The minimum atomic E-state index is -0.690. The molecule has 0 spiro atoms. The van der Waals surface area contributed by atoms with Gasteiger partial charge < -0.3 is 14.5 Å². The minimum Gasteiger partial charge on any atom is -0.375 e. The molecule has 3 saturated heterocycles. The lowest BCUT2D eigenvalue weighted by Gasteiger charge is -2.34. The highest BCUT2D eigenvalue weighted by Crippen LogP contribution is 2.43. The Labute approximate surface area is 166 Å². The number of carbonyl (C=O) groups excluding carboxylic acids is 3. The summed E-state index contributed by atoms with van der Waals surface area (Å²) in [6.07, 6.45) is 2.17. The van der Waals surface area contributed by atoms with Crippen molar-refractivity contribution in [2.45, 2.75) is 24.5 Å². The molecule has 4 heterocycles. The molecule has 3 atom stereocenters. The number of rotatable bonds is 3. The summed E-state index contributed by atoms with van der Waals surface area (Å²) in [5.41, 5.74) is 1.23. The van der Waals surface area contributed by atoms with Crippen LogP contribution in [-0.2, 0) is 14.3 Å². The Hall–Kier alpha value is -3.51. The van der Waals surface area contributed by atoms with Crippen LogP contribution in [0.15, 0.2) is 30.5 Å². The fraction of sp³-hybridized carbons (Fsp3) is 0.350. The molecule has 9 heteroatoms. The maximum Gasteiger partial charge on any atom is 0.332 e. The third-order valence-electron chi connectivity index (χ3n) is 5.96.